The zero-order valence-corrected chi connectivity index (χ0v) is 19.0. The number of carbonyl (C=O) groups is 2. The maximum atomic E-state index is 13.3. The predicted molar refractivity (Wildman–Crippen MR) is 115 cm³/mol. The number of hydrogen-bond acceptors (Lipinski definition) is 5. The molecule has 0 radical (unpaired) electrons. The molecule has 0 aliphatic carbocycles. The molecule has 0 saturated carbocycles. The third kappa shape index (κ3) is 7.35. The van der Waals surface area contributed by atoms with Gasteiger partial charge in [0.25, 0.3) is 5.91 Å². The lowest BCUT2D eigenvalue weighted by Gasteiger charge is -2.35. The largest absolute Gasteiger partial charge is 0.493 e. The molecular weight excluding hydrogens is 370 g/mol. The van der Waals surface area contributed by atoms with E-state index >= 15 is 0 Å². The Bertz CT molecular complexity index is 659. The van der Waals surface area contributed by atoms with Crippen LogP contribution in [0.2, 0.25) is 0 Å². The smallest absolute Gasteiger partial charge is 0.341 e. The first-order chi connectivity index (χ1) is 13.7. The van der Waals surface area contributed by atoms with Crippen LogP contribution in [-0.4, -0.2) is 37.3 Å². The fourth-order valence-corrected chi connectivity index (χ4v) is 3.55. The number of carbonyl (C=O) groups excluding carboxylic acids is 2. The first-order valence-electron chi connectivity index (χ1n) is 10.6. The summed E-state index contributed by atoms with van der Waals surface area (Å²) in [6.07, 6.45) is 1.24. The molecule has 6 heteroatoms. The van der Waals surface area contributed by atoms with Crippen LogP contribution < -0.4 is 10.1 Å². The number of hydrogen-bond donors (Lipinski definition) is 1. The van der Waals surface area contributed by atoms with Crippen LogP contribution in [0.25, 0.3) is 0 Å². The Morgan fingerprint density at radius 3 is 2.07 bits per heavy atom. The molecule has 0 fully saturated rings. The molecule has 1 amide bonds. The average Bonchev–Trinajstić information content (AvgIpc) is 2.62. The summed E-state index contributed by atoms with van der Waals surface area (Å²) in [5.41, 5.74) is -0.112. The highest BCUT2D eigenvalue weighted by atomic mass is 16.5. The SMILES string of the molecule is CCOC(=O)c1cc(NC(=O)C(CC(C)C)(CC(C)C)OCC)ccc1OCC. The standard InChI is InChI=1S/C23H37NO5/c1-8-27-20-12-11-18(13-19(20)21(25)28-9-2)24-22(26)23(29-10-3,14-16(4)5)15-17(6)7/h11-13,16-17H,8-10,14-15H2,1-7H3,(H,24,26). The zero-order chi connectivity index (χ0) is 22.0. The molecule has 6 nitrogen and oxygen atoms in total. The van der Waals surface area contributed by atoms with Crippen LogP contribution in [0.4, 0.5) is 5.69 Å². The fourth-order valence-electron chi connectivity index (χ4n) is 3.55. The topological polar surface area (TPSA) is 73.9 Å². The van der Waals surface area contributed by atoms with E-state index in [1.54, 1.807) is 25.1 Å². The van der Waals surface area contributed by atoms with E-state index in [-0.39, 0.29) is 12.5 Å². The highest BCUT2D eigenvalue weighted by Gasteiger charge is 2.40. The van der Waals surface area contributed by atoms with Gasteiger partial charge in [-0.1, -0.05) is 27.7 Å². The summed E-state index contributed by atoms with van der Waals surface area (Å²) >= 11 is 0. The number of benzene rings is 1. The molecule has 1 rings (SSSR count). The molecule has 0 aliphatic heterocycles. The molecule has 0 unspecified atom stereocenters. The zero-order valence-electron chi connectivity index (χ0n) is 19.0. The van der Waals surface area contributed by atoms with Crippen molar-refractivity contribution in [3.63, 3.8) is 0 Å². The minimum atomic E-state index is -0.917. The van der Waals surface area contributed by atoms with Crippen molar-refractivity contribution in [2.75, 3.05) is 25.1 Å². The van der Waals surface area contributed by atoms with E-state index in [1.807, 2.05) is 13.8 Å². The van der Waals surface area contributed by atoms with Crippen molar-refractivity contribution in [1.82, 2.24) is 0 Å². The third-order valence-corrected chi connectivity index (χ3v) is 4.34. The van der Waals surface area contributed by atoms with Gasteiger partial charge in [0, 0.05) is 12.3 Å². The molecule has 0 aromatic heterocycles. The van der Waals surface area contributed by atoms with E-state index in [2.05, 4.69) is 33.0 Å². The van der Waals surface area contributed by atoms with Gasteiger partial charge in [-0.25, -0.2) is 4.79 Å². The number of rotatable bonds is 12. The molecule has 1 aromatic carbocycles. The van der Waals surface area contributed by atoms with Gasteiger partial charge in [0.05, 0.1) is 13.2 Å². The summed E-state index contributed by atoms with van der Waals surface area (Å²) in [5, 5.41) is 2.96. The molecule has 29 heavy (non-hydrogen) atoms. The summed E-state index contributed by atoms with van der Waals surface area (Å²) in [5.74, 6) is 0.348. The Balaban J connectivity index is 3.24. The van der Waals surface area contributed by atoms with Gasteiger partial charge in [-0.3, -0.25) is 4.79 Å². The first-order valence-corrected chi connectivity index (χ1v) is 10.6. The van der Waals surface area contributed by atoms with Gasteiger partial charge in [-0.05, 0) is 63.6 Å². The van der Waals surface area contributed by atoms with Crippen molar-refractivity contribution in [2.24, 2.45) is 11.8 Å². The van der Waals surface area contributed by atoms with Gasteiger partial charge in [0.2, 0.25) is 0 Å². The molecule has 0 aliphatic rings. The van der Waals surface area contributed by atoms with E-state index in [0.29, 0.717) is 54.9 Å². The number of esters is 1. The Kier molecular flexibility index (Phi) is 10.2. The predicted octanol–water partition coefficient (Wildman–Crippen LogP) is 5.07. The molecule has 164 valence electrons. The molecule has 1 aromatic rings. The maximum Gasteiger partial charge on any atom is 0.341 e. The molecule has 0 saturated heterocycles. The van der Waals surface area contributed by atoms with Gasteiger partial charge < -0.3 is 19.5 Å². The summed E-state index contributed by atoms with van der Waals surface area (Å²) in [7, 11) is 0. The Hall–Kier alpha value is -2.08. The van der Waals surface area contributed by atoms with Crippen molar-refractivity contribution in [2.45, 2.75) is 66.9 Å². The first kappa shape index (κ1) is 25.0. The normalized spacial score (nSPS) is 11.6. The minimum absolute atomic E-state index is 0.194. The number of ether oxygens (including phenoxy) is 3. The highest BCUT2D eigenvalue weighted by molar-refractivity contribution is 5.99. The molecule has 0 atom stereocenters. The quantitative estimate of drug-likeness (QED) is 0.490. The number of anilines is 1. The van der Waals surface area contributed by atoms with Crippen molar-refractivity contribution in [3.05, 3.63) is 23.8 Å². The molecule has 1 N–H and O–H groups in total. The Morgan fingerprint density at radius 1 is 0.966 bits per heavy atom. The third-order valence-electron chi connectivity index (χ3n) is 4.34. The van der Waals surface area contributed by atoms with Crippen molar-refractivity contribution >= 4 is 17.6 Å². The molecular formula is C23H37NO5. The van der Waals surface area contributed by atoms with E-state index in [4.69, 9.17) is 14.2 Å². The van der Waals surface area contributed by atoms with Crippen LogP contribution >= 0.6 is 0 Å². The van der Waals surface area contributed by atoms with Crippen molar-refractivity contribution < 1.29 is 23.8 Å². The van der Waals surface area contributed by atoms with Crippen LogP contribution in [0.1, 0.15) is 71.7 Å². The van der Waals surface area contributed by atoms with E-state index in [0.717, 1.165) is 0 Å². The van der Waals surface area contributed by atoms with Crippen LogP contribution in [0, 0.1) is 11.8 Å². The second kappa shape index (κ2) is 11.8. The van der Waals surface area contributed by atoms with Crippen LogP contribution in [0.5, 0.6) is 5.75 Å². The Labute approximate surface area is 175 Å². The minimum Gasteiger partial charge on any atom is -0.493 e. The summed E-state index contributed by atoms with van der Waals surface area (Å²) in [6.45, 7) is 15.0. The summed E-state index contributed by atoms with van der Waals surface area (Å²) < 4.78 is 16.7. The number of amides is 1. The van der Waals surface area contributed by atoms with Gasteiger partial charge >= 0.3 is 5.97 Å². The van der Waals surface area contributed by atoms with Gasteiger partial charge in [0.15, 0.2) is 0 Å². The second-order valence-corrected chi connectivity index (χ2v) is 7.94. The highest BCUT2D eigenvalue weighted by Crippen LogP contribution is 2.32. The van der Waals surface area contributed by atoms with Gasteiger partial charge in [0.1, 0.15) is 16.9 Å². The van der Waals surface area contributed by atoms with E-state index in [1.165, 1.54) is 0 Å². The van der Waals surface area contributed by atoms with E-state index in [9.17, 15) is 9.59 Å². The van der Waals surface area contributed by atoms with Crippen LogP contribution in [0.3, 0.4) is 0 Å². The van der Waals surface area contributed by atoms with Gasteiger partial charge in [-0.15, -0.1) is 0 Å². The average molecular weight is 408 g/mol. The van der Waals surface area contributed by atoms with Crippen molar-refractivity contribution in [3.8, 4) is 5.75 Å². The van der Waals surface area contributed by atoms with Crippen LogP contribution in [-0.2, 0) is 14.3 Å². The summed E-state index contributed by atoms with van der Waals surface area (Å²) in [6, 6.07) is 5.01. The molecule has 0 bridgehead atoms. The van der Waals surface area contributed by atoms with Crippen LogP contribution in [0.15, 0.2) is 18.2 Å². The molecule has 0 spiro atoms. The maximum absolute atomic E-state index is 13.3. The lowest BCUT2D eigenvalue weighted by Crippen LogP contribution is -2.47. The second-order valence-electron chi connectivity index (χ2n) is 7.94. The lowest BCUT2D eigenvalue weighted by atomic mass is 9.83. The molecule has 0 heterocycles. The lowest BCUT2D eigenvalue weighted by molar-refractivity contribution is -0.146. The van der Waals surface area contributed by atoms with Gasteiger partial charge in [-0.2, -0.15) is 0 Å². The van der Waals surface area contributed by atoms with Crippen molar-refractivity contribution in [1.29, 1.82) is 0 Å². The fraction of sp³-hybridized carbons (Fsp3) is 0.652. The monoisotopic (exact) mass is 407 g/mol. The number of nitrogens with one attached hydrogen (secondary N) is 1. The Morgan fingerprint density at radius 2 is 1.59 bits per heavy atom. The summed E-state index contributed by atoms with van der Waals surface area (Å²) in [4.78, 5) is 25.7. The van der Waals surface area contributed by atoms with E-state index < -0.39 is 11.6 Å².